The maximum Gasteiger partial charge on any atom is 0.245 e. The molecule has 2 atom stereocenters. The molecule has 0 radical (unpaired) electrons. The number of benzene rings is 1. The molecule has 6 heteroatoms. The van der Waals surface area contributed by atoms with E-state index < -0.39 is 6.04 Å². The zero-order chi connectivity index (χ0) is 19.4. The Hall–Kier alpha value is -2.47. The van der Waals surface area contributed by atoms with Crippen LogP contribution in [0.4, 0.5) is 0 Å². The Labute approximate surface area is 155 Å². The summed E-state index contributed by atoms with van der Waals surface area (Å²) < 4.78 is 0. The molecule has 1 fully saturated rings. The van der Waals surface area contributed by atoms with Gasteiger partial charge in [-0.2, -0.15) is 0 Å². The molecule has 0 bridgehead atoms. The molecular formula is C20H29N3O3. The van der Waals surface area contributed by atoms with Gasteiger partial charge in [0.05, 0.1) is 6.04 Å². The van der Waals surface area contributed by atoms with Gasteiger partial charge < -0.3 is 20.3 Å². The van der Waals surface area contributed by atoms with E-state index in [2.05, 4.69) is 34.9 Å². The van der Waals surface area contributed by atoms with Gasteiger partial charge >= 0.3 is 0 Å². The van der Waals surface area contributed by atoms with Crippen LogP contribution in [0.2, 0.25) is 0 Å². The van der Waals surface area contributed by atoms with E-state index in [0.717, 1.165) is 25.7 Å². The molecule has 0 spiro atoms. The Morgan fingerprint density at radius 3 is 2.58 bits per heavy atom. The van der Waals surface area contributed by atoms with Gasteiger partial charge in [0.25, 0.3) is 0 Å². The maximum absolute atomic E-state index is 11.8. The third-order valence-electron chi connectivity index (χ3n) is 3.96. The Balaban J connectivity index is 0.000000273. The van der Waals surface area contributed by atoms with Crippen molar-refractivity contribution in [2.75, 3.05) is 20.1 Å². The van der Waals surface area contributed by atoms with Crippen LogP contribution in [-0.2, 0) is 14.4 Å². The van der Waals surface area contributed by atoms with Crippen LogP contribution in [0.3, 0.4) is 0 Å². The number of aldehydes is 1. The molecule has 1 heterocycles. The van der Waals surface area contributed by atoms with Gasteiger partial charge in [-0.25, -0.2) is 0 Å². The fourth-order valence-corrected chi connectivity index (χ4v) is 2.70. The second-order valence-corrected chi connectivity index (χ2v) is 6.17. The van der Waals surface area contributed by atoms with Crippen LogP contribution in [0.25, 0.3) is 6.08 Å². The number of nitrogens with one attached hydrogen (secondary N) is 2. The van der Waals surface area contributed by atoms with E-state index in [-0.39, 0.29) is 17.9 Å². The molecule has 0 aromatic heterocycles. The summed E-state index contributed by atoms with van der Waals surface area (Å²) >= 11 is 0. The summed E-state index contributed by atoms with van der Waals surface area (Å²) in [5.74, 6) is -0.419. The van der Waals surface area contributed by atoms with Crippen molar-refractivity contribution in [3.63, 3.8) is 0 Å². The van der Waals surface area contributed by atoms with E-state index in [9.17, 15) is 14.4 Å². The van der Waals surface area contributed by atoms with Crippen molar-refractivity contribution in [3.05, 3.63) is 42.0 Å². The fourth-order valence-electron chi connectivity index (χ4n) is 2.70. The van der Waals surface area contributed by atoms with Crippen LogP contribution in [0.1, 0.15) is 32.3 Å². The standard InChI is InChI=1S/C10H16N2O3.C10H13N/c1-7(11-8(2)14)10(15)12-5-3-4-9(12)6-13;1-11-9-5-8-10-6-3-2-4-7-10/h6-7,9H,3-5H2,1-2H3,(H,11,14);2-8,11H,9H2,1H3/b;8-5+/t7-,9?;/m0./s1. The number of amides is 2. The first-order valence-corrected chi connectivity index (χ1v) is 8.88. The highest BCUT2D eigenvalue weighted by molar-refractivity contribution is 5.88. The molecule has 0 aliphatic carbocycles. The Morgan fingerprint density at radius 2 is 2.00 bits per heavy atom. The summed E-state index contributed by atoms with van der Waals surface area (Å²) in [6.45, 7) is 4.52. The lowest BCUT2D eigenvalue weighted by Gasteiger charge is -2.24. The zero-order valence-corrected chi connectivity index (χ0v) is 15.8. The lowest BCUT2D eigenvalue weighted by atomic mass is 10.2. The van der Waals surface area contributed by atoms with Crippen LogP contribution < -0.4 is 10.6 Å². The number of hydrogen-bond acceptors (Lipinski definition) is 4. The SMILES string of the molecule is CC(=O)N[C@@H](C)C(=O)N1CCCC1C=O.CNC/C=C/c1ccccc1. The average Bonchev–Trinajstić information content (AvgIpc) is 3.11. The third-order valence-corrected chi connectivity index (χ3v) is 3.96. The summed E-state index contributed by atoms with van der Waals surface area (Å²) in [5, 5.41) is 5.57. The molecular weight excluding hydrogens is 330 g/mol. The molecule has 2 amide bonds. The summed E-state index contributed by atoms with van der Waals surface area (Å²) in [7, 11) is 1.94. The van der Waals surface area contributed by atoms with Crippen LogP contribution >= 0.6 is 0 Å². The van der Waals surface area contributed by atoms with Crippen LogP contribution in [0.5, 0.6) is 0 Å². The van der Waals surface area contributed by atoms with E-state index in [1.165, 1.54) is 17.4 Å². The summed E-state index contributed by atoms with van der Waals surface area (Å²) in [6.07, 6.45) is 6.58. The monoisotopic (exact) mass is 359 g/mol. The molecule has 0 saturated carbocycles. The summed E-state index contributed by atoms with van der Waals surface area (Å²) in [5.41, 5.74) is 1.25. The number of rotatable bonds is 6. The van der Waals surface area contributed by atoms with E-state index in [0.29, 0.717) is 6.54 Å². The number of carbonyl (C=O) groups is 3. The maximum atomic E-state index is 11.8. The van der Waals surface area contributed by atoms with Crippen molar-refractivity contribution in [2.45, 2.75) is 38.8 Å². The van der Waals surface area contributed by atoms with Gasteiger partial charge in [0.15, 0.2) is 0 Å². The Morgan fingerprint density at radius 1 is 1.31 bits per heavy atom. The van der Waals surface area contributed by atoms with Crippen molar-refractivity contribution < 1.29 is 14.4 Å². The first-order chi connectivity index (χ1) is 12.5. The Kier molecular flexibility index (Phi) is 9.94. The van der Waals surface area contributed by atoms with Crippen LogP contribution in [0.15, 0.2) is 36.4 Å². The molecule has 1 unspecified atom stereocenters. The largest absolute Gasteiger partial charge is 0.345 e. The first kappa shape index (κ1) is 21.6. The molecule has 2 N–H and O–H groups in total. The number of carbonyl (C=O) groups excluding carboxylic acids is 3. The molecule has 1 aliphatic heterocycles. The topological polar surface area (TPSA) is 78.5 Å². The predicted octanol–water partition coefficient (Wildman–Crippen LogP) is 1.62. The zero-order valence-electron chi connectivity index (χ0n) is 15.8. The van der Waals surface area contributed by atoms with Crippen LogP contribution in [-0.4, -0.2) is 55.2 Å². The molecule has 26 heavy (non-hydrogen) atoms. The second kappa shape index (κ2) is 12.0. The predicted molar refractivity (Wildman–Crippen MR) is 103 cm³/mol. The lowest BCUT2D eigenvalue weighted by molar-refractivity contribution is -0.137. The average molecular weight is 359 g/mol. The number of nitrogens with zero attached hydrogens (tertiary/aromatic N) is 1. The minimum Gasteiger partial charge on any atom is -0.345 e. The quantitative estimate of drug-likeness (QED) is 0.757. The van der Waals surface area contributed by atoms with Gasteiger partial charge in [0.2, 0.25) is 11.8 Å². The van der Waals surface area contributed by atoms with Crippen LogP contribution in [0, 0.1) is 0 Å². The lowest BCUT2D eigenvalue weighted by Crippen LogP contribution is -2.48. The van der Waals surface area contributed by atoms with Gasteiger partial charge in [-0.3, -0.25) is 9.59 Å². The third kappa shape index (κ3) is 7.61. The van der Waals surface area contributed by atoms with E-state index in [1.807, 2.05) is 25.2 Å². The van der Waals surface area contributed by atoms with Gasteiger partial charge in [-0.05, 0) is 32.4 Å². The minimum absolute atomic E-state index is 0.181. The van der Waals surface area contributed by atoms with Crippen molar-refractivity contribution in [1.29, 1.82) is 0 Å². The number of likely N-dealkylation sites (tertiary alicyclic amines) is 1. The highest BCUT2D eigenvalue weighted by Crippen LogP contribution is 2.16. The van der Waals surface area contributed by atoms with E-state index in [4.69, 9.17) is 0 Å². The van der Waals surface area contributed by atoms with Gasteiger partial charge in [0, 0.05) is 20.0 Å². The second-order valence-electron chi connectivity index (χ2n) is 6.17. The van der Waals surface area contributed by atoms with Gasteiger partial charge in [0.1, 0.15) is 12.3 Å². The fraction of sp³-hybridized carbons (Fsp3) is 0.450. The summed E-state index contributed by atoms with van der Waals surface area (Å²) in [4.78, 5) is 34.8. The van der Waals surface area contributed by atoms with Crippen molar-refractivity contribution in [1.82, 2.24) is 15.5 Å². The smallest absolute Gasteiger partial charge is 0.245 e. The molecule has 2 rings (SSSR count). The van der Waals surface area contributed by atoms with E-state index in [1.54, 1.807) is 6.92 Å². The molecule has 6 nitrogen and oxygen atoms in total. The number of likely N-dealkylation sites (N-methyl/N-ethyl adjacent to an activating group) is 1. The Bertz CT molecular complexity index is 602. The number of hydrogen-bond donors (Lipinski definition) is 2. The molecule has 1 aromatic carbocycles. The highest BCUT2D eigenvalue weighted by Gasteiger charge is 2.31. The minimum atomic E-state index is -0.553. The molecule has 1 saturated heterocycles. The summed E-state index contributed by atoms with van der Waals surface area (Å²) in [6, 6.07) is 9.42. The van der Waals surface area contributed by atoms with Gasteiger partial charge in [-0.15, -0.1) is 0 Å². The van der Waals surface area contributed by atoms with Crippen molar-refractivity contribution >= 4 is 24.2 Å². The van der Waals surface area contributed by atoms with Gasteiger partial charge in [-0.1, -0.05) is 42.5 Å². The molecule has 142 valence electrons. The molecule has 1 aromatic rings. The molecule has 1 aliphatic rings. The first-order valence-electron chi connectivity index (χ1n) is 8.88. The normalized spacial score (nSPS) is 17.3. The van der Waals surface area contributed by atoms with Crippen molar-refractivity contribution in [2.24, 2.45) is 0 Å². The van der Waals surface area contributed by atoms with Crippen molar-refractivity contribution in [3.8, 4) is 0 Å². The highest BCUT2D eigenvalue weighted by atomic mass is 16.2. The van der Waals surface area contributed by atoms with E-state index >= 15 is 0 Å².